The molecule has 0 radical (unpaired) electrons. The average Bonchev–Trinajstić information content (AvgIpc) is 2.87. The summed E-state index contributed by atoms with van der Waals surface area (Å²) in [5.41, 5.74) is 7.40. The molecule has 3 rings (SSSR count). The van der Waals surface area contributed by atoms with E-state index in [0.29, 0.717) is 0 Å². The van der Waals surface area contributed by atoms with Gasteiger partial charge in [-0.05, 0) is 30.3 Å². The Labute approximate surface area is 118 Å². The smallest absolute Gasteiger partial charge is 0.165 e. The van der Waals surface area contributed by atoms with Crippen molar-refractivity contribution in [2.75, 3.05) is 5.73 Å². The molecule has 0 unspecified atom stereocenters. The number of nitrogens with two attached hydrogens (primary N) is 1. The van der Waals surface area contributed by atoms with E-state index in [1.807, 2.05) is 45.4 Å². The van der Waals surface area contributed by atoms with Crippen LogP contribution < -0.4 is 5.73 Å². The number of pyridine rings is 2. The van der Waals surface area contributed by atoms with Crippen molar-refractivity contribution in [3.05, 3.63) is 48.9 Å². The maximum atomic E-state index is 8.73. The maximum absolute atomic E-state index is 8.73. The van der Waals surface area contributed by atoms with Crippen molar-refractivity contribution in [1.29, 1.82) is 0 Å². The largest absolute Gasteiger partial charge is 0.504 e. The molecule has 0 fully saturated rings. The van der Waals surface area contributed by atoms with Gasteiger partial charge in [0.2, 0.25) is 0 Å². The van der Waals surface area contributed by atoms with Crippen LogP contribution >= 0.6 is 0 Å². The Bertz CT molecular complexity index is 628. The van der Waals surface area contributed by atoms with Crippen LogP contribution in [0.25, 0.3) is 11.0 Å². The summed E-state index contributed by atoms with van der Waals surface area (Å²) in [6, 6.07) is 9.12. The topological polar surface area (TPSA) is 77.0 Å². The second kappa shape index (κ2) is 7.78. The molecule has 0 aliphatic rings. The lowest BCUT2D eigenvalue weighted by Gasteiger charge is -1.91. The van der Waals surface area contributed by atoms with E-state index in [9.17, 15) is 0 Å². The van der Waals surface area contributed by atoms with Crippen LogP contribution in [0.4, 0.5) is 5.82 Å². The highest BCUT2D eigenvalue weighted by molar-refractivity contribution is 5.75. The van der Waals surface area contributed by atoms with Gasteiger partial charge in [-0.25, -0.2) is 4.98 Å². The average molecular weight is 272 g/mol. The molecule has 0 atom stereocenters. The number of aryl methyl sites for hydroxylation is 1. The van der Waals surface area contributed by atoms with Crippen LogP contribution in [0.5, 0.6) is 5.75 Å². The van der Waals surface area contributed by atoms with Crippen molar-refractivity contribution in [3.8, 4) is 5.75 Å². The minimum Gasteiger partial charge on any atom is -0.504 e. The molecule has 0 amide bonds. The summed E-state index contributed by atoms with van der Waals surface area (Å²) in [7, 11) is 2.02. The normalized spacial score (nSPS) is 9.15. The molecular weight excluding hydrogens is 252 g/mol. The fourth-order valence-corrected chi connectivity index (χ4v) is 1.51. The van der Waals surface area contributed by atoms with Crippen LogP contribution in [0.2, 0.25) is 0 Å². The molecule has 0 saturated carbocycles. The second-order valence-corrected chi connectivity index (χ2v) is 3.74. The Hall–Kier alpha value is -2.56. The molecule has 5 heteroatoms. The van der Waals surface area contributed by atoms with Gasteiger partial charge in [-0.3, -0.25) is 4.98 Å². The first-order valence-electron chi connectivity index (χ1n) is 6.44. The molecule has 20 heavy (non-hydrogen) atoms. The fourth-order valence-electron chi connectivity index (χ4n) is 1.51. The van der Waals surface area contributed by atoms with Crippen molar-refractivity contribution in [3.63, 3.8) is 0 Å². The second-order valence-electron chi connectivity index (χ2n) is 3.74. The predicted octanol–water partition coefficient (Wildman–Crippen LogP) is 2.97. The van der Waals surface area contributed by atoms with Crippen molar-refractivity contribution in [1.82, 2.24) is 14.5 Å². The third kappa shape index (κ3) is 3.98. The number of rotatable bonds is 0. The molecule has 3 heterocycles. The van der Waals surface area contributed by atoms with Crippen LogP contribution in [0.1, 0.15) is 13.8 Å². The molecule has 0 saturated heterocycles. The maximum Gasteiger partial charge on any atom is 0.165 e. The highest BCUT2D eigenvalue weighted by atomic mass is 16.3. The number of hydrogen-bond acceptors (Lipinski definition) is 4. The summed E-state index contributed by atoms with van der Waals surface area (Å²) in [6.07, 6.45) is 5.34. The van der Waals surface area contributed by atoms with E-state index < -0.39 is 0 Å². The van der Waals surface area contributed by atoms with E-state index in [1.54, 1.807) is 6.07 Å². The van der Waals surface area contributed by atoms with Gasteiger partial charge in [0, 0.05) is 25.6 Å². The number of anilines is 1. The number of hydrogen-bond donors (Lipinski definition) is 2. The summed E-state index contributed by atoms with van der Waals surface area (Å²) in [5.74, 6) is 0.208. The van der Waals surface area contributed by atoms with Gasteiger partial charge in [-0.1, -0.05) is 13.8 Å². The van der Waals surface area contributed by atoms with Gasteiger partial charge < -0.3 is 15.4 Å². The predicted molar refractivity (Wildman–Crippen MR) is 82.4 cm³/mol. The van der Waals surface area contributed by atoms with E-state index in [-0.39, 0.29) is 11.6 Å². The van der Waals surface area contributed by atoms with Gasteiger partial charge in [-0.15, -0.1) is 0 Å². The number of fused-ring (bicyclic) bond motifs is 1. The van der Waals surface area contributed by atoms with Crippen molar-refractivity contribution >= 4 is 16.9 Å². The third-order valence-corrected chi connectivity index (χ3v) is 2.47. The monoisotopic (exact) mass is 272 g/mol. The first kappa shape index (κ1) is 15.5. The fraction of sp³-hybridized carbons (Fsp3) is 0.200. The van der Waals surface area contributed by atoms with Gasteiger partial charge in [0.15, 0.2) is 11.6 Å². The van der Waals surface area contributed by atoms with E-state index in [4.69, 9.17) is 10.8 Å². The number of nitrogen functional groups attached to an aromatic ring is 1. The molecule has 3 aromatic heterocycles. The minimum atomic E-state index is 0.0347. The Balaban J connectivity index is 0.000000182. The van der Waals surface area contributed by atoms with Gasteiger partial charge >= 0.3 is 0 Å². The van der Waals surface area contributed by atoms with Gasteiger partial charge in [0.25, 0.3) is 0 Å². The first-order chi connectivity index (χ1) is 9.68. The van der Waals surface area contributed by atoms with Gasteiger partial charge in [0.1, 0.15) is 0 Å². The molecule has 0 aliphatic carbocycles. The lowest BCUT2D eigenvalue weighted by atomic mass is 10.4. The van der Waals surface area contributed by atoms with E-state index >= 15 is 0 Å². The highest BCUT2D eigenvalue weighted by Gasteiger charge is 1.93. The highest BCUT2D eigenvalue weighted by Crippen LogP contribution is 2.12. The van der Waals surface area contributed by atoms with E-state index in [2.05, 4.69) is 20.6 Å². The number of nitrogens with zero attached hydrogens (tertiary/aromatic N) is 3. The SMILES string of the molecule is CC.Cn1ccc2ncccc21.Nc1ncccc1O. The number of aromatic hydroxyl groups is 1. The zero-order valence-corrected chi connectivity index (χ0v) is 12.0. The molecule has 0 aromatic carbocycles. The van der Waals surface area contributed by atoms with Crippen LogP contribution in [0.3, 0.4) is 0 Å². The summed E-state index contributed by atoms with van der Waals surface area (Å²) >= 11 is 0. The molecule has 5 nitrogen and oxygen atoms in total. The molecule has 3 aromatic rings. The molecular formula is C15H20N4O. The van der Waals surface area contributed by atoms with Gasteiger partial charge in [-0.2, -0.15) is 0 Å². The zero-order chi connectivity index (χ0) is 15.0. The standard InChI is InChI=1S/C8H8N2.C5H6N2O.C2H6/c1-10-6-4-7-8(10)3-2-5-9-7;6-5-4(8)2-1-3-7-5;1-2/h2-6H,1H3;1-3,8H,(H2,6,7);1-2H3. The Morgan fingerprint density at radius 2 is 1.70 bits per heavy atom. The Morgan fingerprint density at radius 1 is 1.05 bits per heavy atom. The lowest BCUT2D eigenvalue weighted by Crippen LogP contribution is -1.87. The van der Waals surface area contributed by atoms with Crippen LogP contribution in [-0.4, -0.2) is 19.6 Å². The molecule has 0 bridgehead atoms. The Morgan fingerprint density at radius 3 is 2.25 bits per heavy atom. The van der Waals surface area contributed by atoms with Crippen LogP contribution in [0, 0.1) is 0 Å². The minimum absolute atomic E-state index is 0.0347. The van der Waals surface area contributed by atoms with Crippen molar-refractivity contribution in [2.24, 2.45) is 7.05 Å². The van der Waals surface area contributed by atoms with Crippen molar-refractivity contribution in [2.45, 2.75) is 13.8 Å². The lowest BCUT2D eigenvalue weighted by molar-refractivity contribution is 0.476. The molecule has 0 aliphatic heterocycles. The van der Waals surface area contributed by atoms with Crippen LogP contribution in [0.15, 0.2) is 48.9 Å². The summed E-state index contributed by atoms with van der Waals surface area (Å²) < 4.78 is 2.06. The Kier molecular flexibility index (Phi) is 6.03. The number of aromatic nitrogens is 3. The summed E-state index contributed by atoms with van der Waals surface area (Å²) in [6.45, 7) is 4.00. The summed E-state index contributed by atoms with van der Waals surface area (Å²) in [4.78, 5) is 7.79. The quantitative estimate of drug-likeness (QED) is 0.659. The van der Waals surface area contributed by atoms with Crippen LogP contribution in [-0.2, 0) is 7.05 Å². The van der Waals surface area contributed by atoms with E-state index in [0.717, 1.165) is 5.52 Å². The summed E-state index contributed by atoms with van der Waals surface area (Å²) in [5, 5.41) is 8.73. The molecule has 0 spiro atoms. The molecule has 106 valence electrons. The van der Waals surface area contributed by atoms with Crippen molar-refractivity contribution < 1.29 is 5.11 Å². The van der Waals surface area contributed by atoms with Gasteiger partial charge in [0.05, 0.1) is 11.0 Å². The zero-order valence-electron chi connectivity index (χ0n) is 12.0. The molecule has 3 N–H and O–H groups in total. The third-order valence-electron chi connectivity index (χ3n) is 2.47. The first-order valence-corrected chi connectivity index (χ1v) is 6.44. The van der Waals surface area contributed by atoms with E-state index in [1.165, 1.54) is 17.8 Å².